The number of hydrogen-bond acceptors (Lipinski definition) is 4. The molecule has 1 aliphatic carbocycles. The Morgan fingerprint density at radius 1 is 1.33 bits per heavy atom. The van der Waals surface area contributed by atoms with Gasteiger partial charge in [0.1, 0.15) is 17.4 Å². The van der Waals surface area contributed by atoms with Crippen molar-refractivity contribution >= 4 is 11.6 Å². The van der Waals surface area contributed by atoms with Crippen molar-refractivity contribution in [2.24, 2.45) is 5.92 Å². The molecule has 0 saturated heterocycles. The number of nitrogens with zero attached hydrogens (tertiary/aromatic N) is 1. The minimum absolute atomic E-state index is 0.140. The van der Waals surface area contributed by atoms with E-state index in [4.69, 9.17) is 9.47 Å². The van der Waals surface area contributed by atoms with Crippen LogP contribution in [-0.2, 0) is 9.53 Å². The molecule has 1 N–H and O–H groups in total. The Morgan fingerprint density at radius 2 is 2.15 bits per heavy atom. The monoisotopic (exact) mass is 372 g/mol. The van der Waals surface area contributed by atoms with Crippen LogP contribution in [0.2, 0.25) is 0 Å². The van der Waals surface area contributed by atoms with Gasteiger partial charge in [0.25, 0.3) is 5.91 Å². The van der Waals surface area contributed by atoms with Gasteiger partial charge in [-0.2, -0.15) is 5.26 Å². The van der Waals surface area contributed by atoms with Gasteiger partial charge in [0, 0.05) is 6.61 Å². The third kappa shape index (κ3) is 5.71. The van der Waals surface area contributed by atoms with Gasteiger partial charge in [0.15, 0.2) is 0 Å². The number of nitrogens with one attached hydrogen (secondary N) is 1. The van der Waals surface area contributed by atoms with Crippen LogP contribution in [0.1, 0.15) is 71.3 Å². The fourth-order valence-corrected chi connectivity index (χ4v) is 3.59. The molecule has 0 unspecified atom stereocenters. The van der Waals surface area contributed by atoms with Gasteiger partial charge in [-0.3, -0.25) is 4.79 Å². The molecule has 27 heavy (non-hydrogen) atoms. The first-order valence-electron chi connectivity index (χ1n) is 10.2. The largest absolute Gasteiger partial charge is 0.494 e. The Balaban J connectivity index is 2.15. The van der Waals surface area contributed by atoms with Gasteiger partial charge >= 0.3 is 0 Å². The molecule has 1 amide bonds. The summed E-state index contributed by atoms with van der Waals surface area (Å²) in [5.41, 5.74) is 0.131. The lowest BCUT2D eigenvalue weighted by Gasteiger charge is -2.38. The van der Waals surface area contributed by atoms with E-state index >= 15 is 0 Å². The summed E-state index contributed by atoms with van der Waals surface area (Å²) >= 11 is 0. The van der Waals surface area contributed by atoms with Crippen molar-refractivity contribution in [3.05, 3.63) is 23.8 Å². The number of unbranched alkanes of at least 4 members (excludes halogenated alkanes) is 1. The predicted molar refractivity (Wildman–Crippen MR) is 107 cm³/mol. The van der Waals surface area contributed by atoms with Crippen LogP contribution in [0.25, 0.3) is 0 Å². The standard InChI is InChI=1S/C22H32N2O3/c1-4-6-13-26-19-9-10-20(18(14-19)16-23)24-21(25)22(27-12-5-2)11-7-8-17(3)15-22/h9-10,14,17H,4-8,11-13,15H2,1-3H3,(H,24,25)/t17-,22+/m1/s1. The molecule has 0 spiro atoms. The maximum absolute atomic E-state index is 13.1. The molecule has 1 fully saturated rings. The molecule has 0 aromatic heterocycles. The zero-order valence-corrected chi connectivity index (χ0v) is 16.8. The lowest BCUT2D eigenvalue weighted by molar-refractivity contribution is -0.148. The molecule has 2 atom stereocenters. The summed E-state index contributed by atoms with van der Waals surface area (Å²) < 4.78 is 11.7. The number of carbonyl (C=O) groups is 1. The number of nitriles is 1. The van der Waals surface area contributed by atoms with Crippen LogP contribution in [-0.4, -0.2) is 24.7 Å². The zero-order chi connectivity index (χ0) is 19.7. The minimum atomic E-state index is -0.795. The first-order valence-corrected chi connectivity index (χ1v) is 10.2. The Kier molecular flexibility index (Phi) is 8.12. The molecule has 1 saturated carbocycles. The smallest absolute Gasteiger partial charge is 0.256 e. The van der Waals surface area contributed by atoms with Crippen LogP contribution in [0.4, 0.5) is 5.69 Å². The zero-order valence-electron chi connectivity index (χ0n) is 16.8. The van der Waals surface area contributed by atoms with Crippen LogP contribution in [0.3, 0.4) is 0 Å². The van der Waals surface area contributed by atoms with Gasteiger partial charge in [-0.1, -0.05) is 33.6 Å². The number of hydrogen-bond donors (Lipinski definition) is 1. The molecule has 0 aliphatic heterocycles. The second-order valence-corrected chi connectivity index (χ2v) is 7.52. The molecular weight excluding hydrogens is 340 g/mol. The van der Waals surface area contributed by atoms with E-state index in [-0.39, 0.29) is 5.91 Å². The van der Waals surface area contributed by atoms with Gasteiger partial charge in [0.2, 0.25) is 0 Å². The highest BCUT2D eigenvalue weighted by Crippen LogP contribution is 2.37. The van der Waals surface area contributed by atoms with E-state index in [1.54, 1.807) is 18.2 Å². The summed E-state index contributed by atoms with van der Waals surface area (Å²) in [5.74, 6) is 0.964. The molecule has 5 nitrogen and oxygen atoms in total. The maximum atomic E-state index is 13.1. The average Bonchev–Trinajstić information content (AvgIpc) is 2.67. The Bertz CT molecular complexity index is 668. The maximum Gasteiger partial charge on any atom is 0.256 e. The van der Waals surface area contributed by atoms with Crippen molar-refractivity contribution in [2.45, 2.75) is 71.3 Å². The molecule has 1 aromatic carbocycles. The summed E-state index contributed by atoms with van der Waals surface area (Å²) in [6, 6.07) is 7.40. The van der Waals surface area contributed by atoms with Gasteiger partial charge < -0.3 is 14.8 Å². The molecule has 1 aromatic rings. The van der Waals surface area contributed by atoms with Crippen LogP contribution in [0, 0.1) is 17.2 Å². The average molecular weight is 373 g/mol. The van der Waals surface area contributed by atoms with E-state index in [0.717, 1.165) is 44.9 Å². The van der Waals surface area contributed by atoms with E-state index in [9.17, 15) is 10.1 Å². The van der Waals surface area contributed by atoms with Gasteiger partial charge in [-0.05, 0) is 56.2 Å². The normalized spacial score (nSPS) is 22.1. The second kappa shape index (κ2) is 10.3. The van der Waals surface area contributed by atoms with E-state index in [2.05, 4.69) is 25.2 Å². The topological polar surface area (TPSA) is 71.3 Å². The molecule has 0 bridgehead atoms. The number of ether oxygens (including phenoxy) is 2. The van der Waals surface area contributed by atoms with Crippen molar-refractivity contribution in [3.8, 4) is 11.8 Å². The molecule has 148 valence electrons. The third-order valence-electron chi connectivity index (χ3n) is 5.08. The summed E-state index contributed by atoms with van der Waals surface area (Å²) in [6.07, 6.45) is 6.44. The molecule has 0 radical (unpaired) electrons. The second-order valence-electron chi connectivity index (χ2n) is 7.52. The number of amides is 1. The molecular formula is C22H32N2O3. The third-order valence-corrected chi connectivity index (χ3v) is 5.08. The lowest BCUT2D eigenvalue weighted by Crippen LogP contribution is -2.48. The Labute approximate surface area is 163 Å². The molecule has 1 aliphatic rings. The lowest BCUT2D eigenvalue weighted by atomic mass is 9.78. The summed E-state index contributed by atoms with van der Waals surface area (Å²) in [7, 11) is 0. The quantitative estimate of drug-likeness (QED) is 0.616. The van der Waals surface area contributed by atoms with Gasteiger partial charge in [-0.15, -0.1) is 0 Å². The van der Waals surface area contributed by atoms with Crippen LogP contribution < -0.4 is 10.1 Å². The van der Waals surface area contributed by atoms with E-state index in [1.165, 1.54) is 0 Å². The van der Waals surface area contributed by atoms with Crippen molar-refractivity contribution in [2.75, 3.05) is 18.5 Å². The molecule has 5 heteroatoms. The summed E-state index contributed by atoms with van der Waals surface area (Å²) in [5, 5.41) is 12.5. The van der Waals surface area contributed by atoms with E-state index in [1.807, 2.05) is 6.92 Å². The fourth-order valence-electron chi connectivity index (χ4n) is 3.59. The van der Waals surface area contributed by atoms with Gasteiger partial charge in [-0.25, -0.2) is 0 Å². The molecule has 2 rings (SSSR count). The Morgan fingerprint density at radius 3 is 2.81 bits per heavy atom. The van der Waals surface area contributed by atoms with Crippen LogP contribution in [0.5, 0.6) is 5.75 Å². The highest BCUT2D eigenvalue weighted by Gasteiger charge is 2.42. The Hall–Kier alpha value is -2.06. The summed E-state index contributed by atoms with van der Waals surface area (Å²) in [4.78, 5) is 13.1. The fraction of sp³-hybridized carbons (Fsp3) is 0.636. The SMILES string of the molecule is CCCCOc1ccc(NC(=O)[C@]2(OCCC)CCC[C@@H](C)C2)c(C#N)c1. The molecule has 0 heterocycles. The number of carbonyl (C=O) groups excluding carboxylic acids is 1. The number of rotatable bonds is 9. The number of anilines is 1. The van der Waals surface area contributed by atoms with Crippen molar-refractivity contribution in [1.29, 1.82) is 5.26 Å². The van der Waals surface area contributed by atoms with Crippen molar-refractivity contribution in [3.63, 3.8) is 0 Å². The minimum Gasteiger partial charge on any atom is -0.494 e. The van der Waals surface area contributed by atoms with Crippen molar-refractivity contribution < 1.29 is 14.3 Å². The first kappa shape index (κ1) is 21.2. The van der Waals surface area contributed by atoms with Crippen LogP contribution in [0.15, 0.2) is 18.2 Å². The number of benzene rings is 1. The van der Waals surface area contributed by atoms with Crippen molar-refractivity contribution in [1.82, 2.24) is 0 Å². The highest BCUT2D eigenvalue weighted by atomic mass is 16.5. The predicted octanol–water partition coefficient (Wildman–Crippen LogP) is 5.05. The first-order chi connectivity index (χ1) is 13.0. The highest BCUT2D eigenvalue weighted by molar-refractivity contribution is 5.98. The van der Waals surface area contributed by atoms with E-state index < -0.39 is 5.60 Å². The van der Waals surface area contributed by atoms with Crippen LogP contribution >= 0.6 is 0 Å². The van der Waals surface area contributed by atoms with E-state index in [0.29, 0.717) is 36.1 Å². The summed E-state index contributed by atoms with van der Waals surface area (Å²) in [6.45, 7) is 7.50. The van der Waals surface area contributed by atoms with Gasteiger partial charge in [0.05, 0.1) is 17.9 Å².